The summed E-state index contributed by atoms with van der Waals surface area (Å²) in [5.41, 5.74) is 2.44. The first-order valence-corrected chi connectivity index (χ1v) is 12.8. The van der Waals surface area contributed by atoms with Crippen LogP contribution in [0.25, 0.3) is 10.2 Å². The molecule has 0 aliphatic rings. The summed E-state index contributed by atoms with van der Waals surface area (Å²) in [6.45, 7) is 8.78. The number of unbranched alkanes of at least 4 members (excludes halogenated alkanes) is 1. The maximum atomic E-state index is 13.6. The van der Waals surface area contributed by atoms with Crippen molar-refractivity contribution in [3.05, 3.63) is 56.2 Å². The van der Waals surface area contributed by atoms with Crippen LogP contribution >= 0.6 is 23.1 Å². The van der Waals surface area contributed by atoms with E-state index in [1.807, 2.05) is 31.2 Å². The smallest absolute Gasteiger partial charge is 0.348 e. The molecule has 33 heavy (non-hydrogen) atoms. The van der Waals surface area contributed by atoms with Gasteiger partial charge in [-0.1, -0.05) is 54.9 Å². The van der Waals surface area contributed by atoms with Crippen molar-refractivity contribution in [2.24, 2.45) is 0 Å². The molecule has 1 N–H and O–H groups in total. The summed E-state index contributed by atoms with van der Waals surface area (Å²) >= 11 is 2.38. The number of carbonyl (C=O) groups excluding carboxylic acids is 2. The molecule has 3 aromatic rings. The van der Waals surface area contributed by atoms with Crippen LogP contribution in [0.2, 0.25) is 0 Å². The molecular weight excluding hydrogens is 458 g/mol. The van der Waals surface area contributed by atoms with Crippen LogP contribution in [-0.2, 0) is 16.1 Å². The van der Waals surface area contributed by atoms with Gasteiger partial charge in [-0.25, -0.2) is 9.78 Å². The lowest BCUT2D eigenvalue weighted by atomic mass is 10.1. The van der Waals surface area contributed by atoms with Crippen LogP contribution in [0.15, 0.2) is 34.2 Å². The standard InChI is InChI=1S/C24H29N3O4S2/c1-5-7-12-25-18(28)14-32-24-26-21-19(16(4)20(33-21)23(30)31-6-2)22(29)27(24)13-17-10-8-15(3)9-11-17/h8-11H,5-7,12-14H2,1-4H3,(H,25,28). The first kappa shape index (κ1) is 25.0. The summed E-state index contributed by atoms with van der Waals surface area (Å²) < 4.78 is 6.74. The molecule has 1 amide bonds. The number of carbonyl (C=O) groups is 2. The third kappa shape index (κ3) is 6.03. The van der Waals surface area contributed by atoms with Crippen LogP contribution in [0.3, 0.4) is 0 Å². The predicted octanol–water partition coefficient (Wildman–Crippen LogP) is 4.31. The molecule has 0 aliphatic heterocycles. The Kier molecular flexibility index (Phi) is 8.68. The van der Waals surface area contributed by atoms with Gasteiger partial charge in [0.05, 0.1) is 24.3 Å². The van der Waals surface area contributed by atoms with Gasteiger partial charge in [0.15, 0.2) is 5.16 Å². The molecule has 0 saturated heterocycles. The van der Waals surface area contributed by atoms with E-state index in [-0.39, 0.29) is 23.8 Å². The van der Waals surface area contributed by atoms with E-state index in [0.29, 0.717) is 38.9 Å². The Balaban J connectivity index is 2.01. The van der Waals surface area contributed by atoms with Crippen LogP contribution in [0.4, 0.5) is 0 Å². The van der Waals surface area contributed by atoms with E-state index in [1.165, 1.54) is 11.8 Å². The predicted molar refractivity (Wildman–Crippen MR) is 133 cm³/mol. The van der Waals surface area contributed by atoms with Gasteiger partial charge in [-0.2, -0.15) is 0 Å². The minimum Gasteiger partial charge on any atom is -0.462 e. The monoisotopic (exact) mass is 487 g/mol. The van der Waals surface area contributed by atoms with Crippen molar-refractivity contribution in [2.45, 2.75) is 52.2 Å². The zero-order valence-electron chi connectivity index (χ0n) is 19.4. The van der Waals surface area contributed by atoms with E-state index in [9.17, 15) is 14.4 Å². The number of aromatic nitrogens is 2. The van der Waals surface area contributed by atoms with Gasteiger partial charge in [0.1, 0.15) is 9.71 Å². The normalized spacial score (nSPS) is 11.0. The summed E-state index contributed by atoms with van der Waals surface area (Å²) in [5.74, 6) is -0.392. The highest BCUT2D eigenvalue weighted by Crippen LogP contribution is 2.30. The van der Waals surface area contributed by atoms with Crippen LogP contribution in [0, 0.1) is 13.8 Å². The van der Waals surface area contributed by atoms with Gasteiger partial charge in [-0.05, 0) is 38.3 Å². The Morgan fingerprint density at radius 1 is 1.18 bits per heavy atom. The summed E-state index contributed by atoms with van der Waals surface area (Å²) in [6, 6.07) is 7.94. The molecule has 0 saturated carbocycles. The second-order valence-corrected chi connectivity index (χ2v) is 9.66. The fourth-order valence-electron chi connectivity index (χ4n) is 3.30. The highest BCUT2D eigenvalue weighted by molar-refractivity contribution is 7.99. The number of fused-ring (bicyclic) bond motifs is 1. The molecule has 1 aromatic carbocycles. The van der Waals surface area contributed by atoms with Crippen LogP contribution < -0.4 is 10.9 Å². The van der Waals surface area contributed by atoms with Crippen LogP contribution in [0.5, 0.6) is 0 Å². The van der Waals surface area contributed by atoms with Gasteiger partial charge in [0.2, 0.25) is 5.91 Å². The number of hydrogen-bond acceptors (Lipinski definition) is 7. The molecular formula is C24H29N3O4S2. The second-order valence-electron chi connectivity index (χ2n) is 7.72. The number of nitrogens with one attached hydrogen (secondary N) is 1. The average Bonchev–Trinajstić information content (AvgIpc) is 3.12. The Hall–Kier alpha value is -2.65. The minimum absolute atomic E-state index is 0.0979. The zero-order valence-corrected chi connectivity index (χ0v) is 21.0. The first-order valence-electron chi connectivity index (χ1n) is 11.0. The number of nitrogens with zero attached hydrogens (tertiary/aromatic N) is 2. The van der Waals surface area contributed by atoms with Crippen LogP contribution in [-0.4, -0.2) is 40.3 Å². The van der Waals surface area contributed by atoms with Crippen molar-refractivity contribution in [1.82, 2.24) is 14.9 Å². The lowest BCUT2D eigenvalue weighted by Crippen LogP contribution is -2.28. The molecule has 9 heteroatoms. The molecule has 2 aromatic heterocycles. The molecule has 7 nitrogen and oxygen atoms in total. The molecule has 0 bridgehead atoms. The molecule has 0 radical (unpaired) electrons. The molecule has 0 fully saturated rings. The third-order valence-corrected chi connectivity index (χ3v) is 7.26. The first-order chi connectivity index (χ1) is 15.8. The number of ether oxygens (including phenoxy) is 1. The molecule has 2 heterocycles. The van der Waals surface area contributed by atoms with Crippen LogP contribution in [0.1, 0.15) is 53.1 Å². The molecule has 176 valence electrons. The van der Waals surface area contributed by atoms with E-state index in [4.69, 9.17) is 9.72 Å². The molecule has 0 atom stereocenters. The summed E-state index contributed by atoms with van der Waals surface area (Å²) in [5, 5.41) is 3.77. The SMILES string of the molecule is CCCCNC(=O)CSc1nc2sc(C(=O)OCC)c(C)c2c(=O)n1Cc1ccc(C)cc1. The fraction of sp³-hybridized carbons (Fsp3) is 0.417. The Bertz CT molecular complexity index is 1200. The number of amides is 1. The Morgan fingerprint density at radius 3 is 2.58 bits per heavy atom. The summed E-state index contributed by atoms with van der Waals surface area (Å²) in [7, 11) is 0. The fourth-order valence-corrected chi connectivity index (χ4v) is 5.25. The Labute approximate surface area is 201 Å². The number of rotatable bonds is 10. The van der Waals surface area contributed by atoms with Gasteiger partial charge in [-0.15, -0.1) is 11.3 Å². The average molecular weight is 488 g/mol. The van der Waals surface area contributed by atoms with E-state index in [1.54, 1.807) is 18.4 Å². The van der Waals surface area contributed by atoms with Crippen molar-refractivity contribution in [3.63, 3.8) is 0 Å². The van der Waals surface area contributed by atoms with E-state index >= 15 is 0 Å². The number of thioether (sulfide) groups is 1. The highest BCUT2D eigenvalue weighted by Gasteiger charge is 2.23. The lowest BCUT2D eigenvalue weighted by Gasteiger charge is -2.13. The second kappa shape index (κ2) is 11.5. The van der Waals surface area contributed by atoms with E-state index in [0.717, 1.165) is 35.3 Å². The van der Waals surface area contributed by atoms with Gasteiger partial charge in [-0.3, -0.25) is 14.2 Å². The summed E-state index contributed by atoms with van der Waals surface area (Å²) in [6.07, 6.45) is 1.92. The molecule has 3 rings (SSSR count). The number of esters is 1. The highest BCUT2D eigenvalue weighted by atomic mass is 32.2. The summed E-state index contributed by atoms with van der Waals surface area (Å²) in [4.78, 5) is 43.8. The largest absolute Gasteiger partial charge is 0.462 e. The van der Waals surface area contributed by atoms with E-state index in [2.05, 4.69) is 12.2 Å². The van der Waals surface area contributed by atoms with Gasteiger partial charge in [0.25, 0.3) is 5.56 Å². The Morgan fingerprint density at radius 2 is 1.91 bits per heavy atom. The maximum absolute atomic E-state index is 13.6. The quantitative estimate of drug-likeness (QED) is 0.198. The number of benzene rings is 1. The topological polar surface area (TPSA) is 90.3 Å². The van der Waals surface area contributed by atoms with E-state index < -0.39 is 5.97 Å². The number of aryl methyl sites for hydroxylation is 2. The zero-order chi connectivity index (χ0) is 24.0. The van der Waals surface area contributed by atoms with Gasteiger partial charge >= 0.3 is 5.97 Å². The number of hydrogen-bond donors (Lipinski definition) is 1. The number of thiophene rings is 1. The van der Waals surface area contributed by atoms with Crippen molar-refractivity contribution in [3.8, 4) is 0 Å². The van der Waals surface area contributed by atoms with Crippen molar-refractivity contribution >= 4 is 45.2 Å². The molecule has 0 unspecified atom stereocenters. The van der Waals surface area contributed by atoms with Crippen molar-refractivity contribution in [2.75, 3.05) is 18.9 Å². The van der Waals surface area contributed by atoms with Gasteiger partial charge in [0, 0.05) is 6.54 Å². The van der Waals surface area contributed by atoms with Gasteiger partial charge < -0.3 is 10.1 Å². The molecule has 0 aliphatic carbocycles. The molecule has 0 spiro atoms. The van der Waals surface area contributed by atoms with Crippen molar-refractivity contribution in [1.29, 1.82) is 0 Å². The lowest BCUT2D eigenvalue weighted by molar-refractivity contribution is -0.118. The van der Waals surface area contributed by atoms with Crippen molar-refractivity contribution < 1.29 is 14.3 Å². The third-order valence-electron chi connectivity index (χ3n) is 5.12. The maximum Gasteiger partial charge on any atom is 0.348 e. The minimum atomic E-state index is -0.452.